The summed E-state index contributed by atoms with van der Waals surface area (Å²) in [5.74, 6) is 0.426. The average molecular weight is 264 g/mol. The highest BCUT2D eigenvalue weighted by atomic mass is 32.1. The molecule has 1 aromatic heterocycles. The molecular weight excluding hydrogens is 248 g/mol. The maximum absolute atomic E-state index is 12.3. The molecule has 1 saturated carbocycles. The number of piperazine rings is 1. The van der Waals surface area contributed by atoms with E-state index in [1.165, 1.54) is 5.56 Å². The second kappa shape index (κ2) is 4.39. The number of hydrogen-bond donors (Lipinski definition) is 1. The van der Waals surface area contributed by atoms with Gasteiger partial charge in [0.05, 0.1) is 6.54 Å². The summed E-state index contributed by atoms with van der Waals surface area (Å²) < 4.78 is 0. The summed E-state index contributed by atoms with van der Waals surface area (Å²) in [4.78, 5) is 25.7. The van der Waals surface area contributed by atoms with Gasteiger partial charge in [-0.1, -0.05) is 0 Å². The lowest BCUT2D eigenvalue weighted by molar-refractivity contribution is -0.145. The highest BCUT2D eigenvalue weighted by molar-refractivity contribution is 7.08. The van der Waals surface area contributed by atoms with Gasteiger partial charge in [0.25, 0.3) is 0 Å². The molecule has 2 amide bonds. The van der Waals surface area contributed by atoms with Gasteiger partial charge < -0.3 is 10.2 Å². The first-order valence-electron chi connectivity index (χ1n) is 6.25. The predicted octanol–water partition coefficient (Wildman–Crippen LogP) is 1.29. The molecule has 1 unspecified atom stereocenters. The Labute approximate surface area is 110 Å². The predicted molar refractivity (Wildman–Crippen MR) is 69.1 cm³/mol. The maximum atomic E-state index is 12.3. The highest BCUT2D eigenvalue weighted by Crippen LogP contribution is 2.34. The normalized spacial score (nSPS) is 24.3. The molecule has 5 heteroatoms. The highest BCUT2D eigenvalue weighted by Gasteiger charge is 2.42. The monoisotopic (exact) mass is 264 g/mol. The molecule has 96 valence electrons. The molecule has 0 spiro atoms. The topological polar surface area (TPSA) is 49.4 Å². The van der Waals surface area contributed by atoms with Crippen molar-refractivity contribution in [2.75, 3.05) is 6.54 Å². The average Bonchev–Trinajstić information content (AvgIpc) is 3.09. The number of nitrogens with one attached hydrogen (secondary N) is 1. The molecule has 1 aromatic rings. The fraction of sp³-hybridized carbons (Fsp3) is 0.538. The molecular formula is C13H16N2O2S. The van der Waals surface area contributed by atoms with Crippen LogP contribution < -0.4 is 5.32 Å². The Morgan fingerprint density at radius 2 is 2.17 bits per heavy atom. The van der Waals surface area contributed by atoms with E-state index in [-0.39, 0.29) is 24.4 Å². The summed E-state index contributed by atoms with van der Waals surface area (Å²) in [6, 6.07) is -0.273. The summed E-state index contributed by atoms with van der Waals surface area (Å²) in [6.07, 6.45) is 2.12. The van der Waals surface area contributed by atoms with Crippen LogP contribution in [0.4, 0.5) is 0 Å². The van der Waals surface area contributed by atoms with E-state index in [0.29, 0.717) is 12.5 Å². The second-order valence-electron chi connectivity index (χ2n) is 5.16. The quantitative estimate of drug-likeness (QED) is 0.894. The van der Waals surface area contributed by atoms with Crippen LogP contribution in [0.5, 0.6) is 0 Å². The van der Waals surface area contributed by atoms with Crippen LogP contribution in [0.3, 0.4) is 0 Å². The van der Waals surface area contributed by atoms with Crippen LogP contribution in [0, 0.1) is 12.8 Å². The van der Waals surface area contributed by atoms with Crippen molar-refractivity contribution in [3.8, 4) is 0 Å². The Morgan fingerprint density at radius 1 is 1.39 bits per heavy atom. The van der Waals surface area contributed by atoms with E-state index >= 15 is 0 Å². The minimum atomic E-state index is -0.273. The standard InChI is InChI=1S/C13H16N2O2S/c1-8-6-18-7-10(8)4-15-5-11(16)14-12(13(15)17)9-2-3-9/h6-7,9,12H,2-5H2,1H3,(H,14,16). The first-order chi connectivity index (χ1) is 8.65. The first-order valence-corrected chi connectivity index (χ1v) is 7.19. The van der Waals surface area contributed by atoms with Gasteiger partial charge in [0.1, 0.15) is 6.04 Å². The molecule has 4 nitrogen and oxygen atoms in total. The SMILES string of the molecule is Cc1cscc1CN1CC(=O)NC(C2CC2)C1=O. The number of carbonyl (C=O) groups is 2. The maximum Gasteiger partial charge on any atom is 0.246 e. The van der Waals surface area contributed by atoms with Crippen LogP contribution in [-0.4, -0.2) is 29.3 Å². The number of nitrogens with zero attached hydrogens (tertiary/aromatic N) is 1. The molecule has 1 aliphatic carbocycles. The summed E-state index contributed by atoms with van der Waals surface area (Å²) in [7, 11) is 0. The van der Waals surface area contributed by atoms with Gasteiger partial charge in [-0.05, 0) is 47.6 Å². The molecule has 0 aromatic carbocycles. The van der Waals surface area contributed by atoms with Gasteiger partial charge in [-0.25, -0.2) is 0 Å². The van der Waals surface area contributed by atoms with Gasteiger partial charge in [-0.3, -0.25) is 9.59 Å². The summed E-state index contributed by atoms with van der Waals surface area (Å²) >= 11 is 1.64. The van der Waals surface area contributed by atoms with E-state index < -0.39 is 0 Å². The molecule has 1 saturated heterocycles. The fourth-order valence-corrected chi connectivity index (χ4v) is 3.21. The minimum Gasteiger partial charge on any atom is -0.342 e. The van der Waals surface area contributed by atoms with Crippen LogP contribution in [0.25, 0.3) is 0 Å². The zero-order valence-corrected chi connectivity index (χ0v) is 11.1. The van der Waals surface area contributed by atoms with E-state index in [2.05, 4.69) is 16.1 Å². The van der Waals surface area contributed by atoms with Crippen LogP contribution in [0.2, 0.25) is 0 Å². The Balaban J connectivity index is 1.76. The van der Waals surface area contributed by atoms with Crippen LogP contribution in [0.15, 0.2) is 10.8 Å². The number of amides is 2. The fourth-order valence-electron chi connectivity index (χ4n) is 2.37. The molecule has 1 atom stereocenters. The Bertz CT molecular complexity index is 493. The third kappa shape index (κ3) is 2.14. The van der Waals surface area contributed by atoms with Crippen LogP contribution in [-0.2, 0) is 16.1 Å². The van der Waals surface area contributed by atoms with Gasteiger partial charge >= 0.3 is 0 Å². The van der Waals surface area contributed by atoms with Crippen molar-refractivity contribution in [3.63, 3.8) is 0 Å². The molecule has 2 heterocycles. The van der Waals surface area contributed by atoms with Crippen molar-refractivity contribution < 1.29 is 9.59 Å². The zero-order chi connectivity index (χ0) is 12.7. The number of thiophene rings is 1. The van der Waals surface area contributed by atoms with E-state index in [0.717, 1.165) is 18.4 Å². The number of aryl methyl sites for hydroxylation is 1. The molecule has 1 N–H and O–H groups in total. The third-order valence-corrected chi connectivity index (χ3v) is 4.56. The van der Waals surface area contributed by atoms with Crippen molar-refractivity contribution in [2.24, 2.45) is 5.92 Å². The van der Waals surface area contributed by atoms with Gasteiger partial charge in [-0.15, -0.1) is 0 Å². The summed E-state index contributed by atoms with van der Waals surface area (Å²) in [6.45, 7) is 2.79. The smallest absolute Gasteiger partial charge is 0.246 e. The van der Waals surface area contributed by atoms with Gasteiger partial charge in [-0.2, -0.15) is 11.3 Å². The van der Waals surface area contributed by atoms with Gasteiger partial charge in [0.15, 0.2) is 0 Å². The lowest BCUT2D eigenvalue weighted by Crippen LogP contribution is -2.58. The number of carbonyl (C=O) groups excluding carboxylic acids is 2. The zero-order valence-electron chi connectivity index (χ0n) is 10.3. The Morgan fingerprint density at radius 3 is 2.78 bits per heavy atom. The molecule has 1 aliphatic heterocycles. The summed E-state index contributed by atoms with van der Waals surface area (Å²) in [5.41, 5.74) is 2.35. The van der Waals surface area contributed by atoms with Crippen LogP contribution in [0.1, 0.15) is 24.0 Å². The molecule has 2 fully saturated rings. The molecule has 3 rings (SSSR count). The lowest BCUT2D eigenvalue weighted by atomic mass is 10.1. The van der Waals surface area contributed by atoms with E-state index in [4.69, 9.17) is 0 Å². The Hall–Kier alpha value is -1.36. The number of rotatable bonds is 3. The molecule has 18 heavy (non-hydrogen) atoms. The largest absolute Gasteiger partial charge is 0.342 e. The van der Waals surface area contributed by atoms with Crippen molar-refractivity contribution in [1.29, 1.82) is 0 Å². The third-order valence-electron chi connectivity index (χ3n) is 3.64. The van der Waals surface area contributed by atoms with Crippen molar-refractivity contribution in [2.45, 2.75) is 32.4 Å². The minimum absolute atomic E-state index is 0.0283. The van der Waals surface area contributed by atoms with Crippen molar-refractivity contribution >= 4 is 23.2 Å². The van der Waals surface area contributed by atoms with Crippen molar-refractivity contribution in [1.82, 2.24) is 10.2 Å². The first kappa shape index (κ1) is 11.7. The summed E-state index contributed by atoms with van der Waals surface area (Å²) in [5, 5.41) is 6.95. The van der Waals surface area contributed by atoms with E-state index in [1.807, 2.05) is 6.92 Å². The molecule has 0 bridgehead atoms. The van der Waals surface area contributed by atoms with Crippen LogP contribution >= 0.6 is 11.3 Å². The molecule has 2 aliphatic rings. The lowest BCUT2D eigenvalue weighted by Gasteiger charge is -2.32. The Kier molecular flexibility index (Phi) is 2.86. The van der Waals surface area contributed by atoms with Gasteiger partial charge in [0, 0.05) is 6.54 Å². The van der Waals surface area contributed by atoms with Gasteiger partial charge in [0.2, 0.25) is 11.8 Å². The second-order valence-corrected chi connectivity index (χ2v) is 5.90. The molecule has 0 radical (unpaired) electrons. The number of hydrogen-bond acceptors (Lipinski definition) is 3. The van der Waals surface area contributed by atoms with Crippen molar-refractivity contribution in [3.05, 3.63) is 21.9 Å². The van der Waals surface area contributed by atoms with E-state index in [9.17, 15) is 9.59 Å². The van der Waals surface area contributed by atoms with E-state index in [1.54, 1.807) is 16.2 Å².